The standard InChI is InChI=1S/C13H15BBrNO3/c1-12(2)13(3,4)19-14(18-12)11-9(15)10-8(17-11)6-5-7-16-10/h5-7H,1-4H3. The Balaban J connectivity index is 2.05. The average molecular weight is 324 g/mol. The van der Waals surface area contributed by atoms with Crippen molar-refractivity contribution < 1.29 is 13.7 Å². The van der Waals surface area contributed by atoms with Crippen molar-refractivity contribution in [3.05, 3.63) is 22.8 Å². The van der Waals surface area contributed by atoms with Crippen LogP contribution in [0.25, 0.3) is 11.1 Å². The van der Waals surface area contributed by atoms with Crippen LogP contribution in [0.2, 0.25) is 0 Å². The van der Waals surface area contributed by atoms with E-state index in [1.54, 1.807) is 6.20 Å². The monoisotopic (exact) mass is 323 g/mol. The van der Waals surface area contributed by atoms with Crippen LogP contribution in [0, 0.1) is 0 Å². The minimum atomic E-state index is -0.520. The topological polar surface area (TPSA) is 44.5 Å². The number of hydrogen-bond donors (Lipinski definition) is 0. The summed E-state index contributed by atoms with van der Waals surface area (Å²) in [6.45, 7) is 8.06. The predicted molar refractivity (Wildman–Crippen MR) is 77.4 cm³/mol. The fraction of sp³-hybridized carbons (Fsp3) is 0.462. The van der Waals surface area contributed by atoms with Gasteiger partial charge in [0.25, 0.3) is 0 Å². The number of pyridine rings is 1. The summed E-state index contributed by atoms with van der Waals surface area (Å²) in [5, 5.41) is 0. The van der Waals surface area contributed by atoms with E-state index in [1.165, 1.54) is 0 Å². The number of furan rings is 1. The molecule has 0 N–H and O–H groups in total. The van der Waals surface area contributed by atoms with Gasteiger partial charge in [-0.2, -0.15) is 0 Å². The van der Waals surface area contributed by atoms with Gasteiger partial charge >= 0.3 is 7.12 Å². The van der Waals surface area contributed by atoms with Gasteiger partial charge in [0.2, 0.25) is 0 Å². The average Bonchev–Trinajstić information content (AvgIpc) is 2.76. The highest BCUT2D eigenvalue weighted by molar-refractivity contribution is 9.10. The first-order chi connectivity index (χ1) is 8.82. The predicted octanol–water partition coefficient (Wildman–Crippen LogP) is 2.89. The van der Waals surface area contributed by atoms with Crippen molar-refractivity contribution in [2.75, 3.05) is 0 Å². The van der Waals surface area contributed by atoms with Crippen LogP contribution in [0.5, 0.6) is 0 Å². The summed E-state index contributed by atoms with van der Waals surface area (Å²) in [4.78, 5) is 4.29. The first kappa shape index (κ1) is 13.2. The largest absolute Gasteiger partial charge is 0.534 e. The number of aromatic nitrogens is 1. The van der Waals surface area contributed by atoms with Crippen molar-refractivity contribution >= 4 is 39.8 Å². The Morgan fingerprint density at radius 2 is 1.79 bits per heavy atom. The van der Waals surface area contributed by atoms with Crippen molar-refractivity contribution in [3.8, 4) is 0 Å². The SMILES string of the molecule is CC1(C)OB(c2oc3cccnc3c2Br)OC1(C)C. The Morgan fingerprint density at radius 3 is 2.37 bits per heavy atom. The second-order valence-corrected chi connectivity index (χ2v) is 6.51. The van der Waals surface area contributed by atoms with Gasteiger partial charge < -0.3 is 13.7 Å². The molecule has 2 aromatic rings. The van der Waals surface area contributed by atoms with Crippen molar-refractivity contribution in [1.82, 2.24) is 4.98 Å². The molecule has 0 atom stereocenters. The summed E-state index contributed by atoms with van der Waals surface area (Å²) >= 11 is 3.52. The van der Waals surface area contributed by atoms with Crippen molar-refractivity contribution in [3.63, 3.8) is 0 Å². The van der Waals surface area contributed by atoms with Gasteiger partial charge in [0.15, 0.2) is 11.2 Å². The number of rotatable bonds is 1. The lowest BCUT2D eigenvalue weighted by molar-refractivity contribution is 0.00578. The third-order valence-electron chi connectivity index (χ3n) is 3.88. The lowest BCUT2D eigenvalue weighted by Crippen LogP contribution is -2.41. The maximum atomic E-state index is 5.99. The van der Waals surface area contributed by atoms with Crippen LogP contribution in [0.3, 0.4) is 0 Å². The molecular formula is C13H15BBrNO3. The number of fused-ring (bicyclic) bond motifs is 1. The molecule has 0 unspecified atom stereocenters. The highest BCUT2D eigenvalue weighted by Gasteiger charge is 2.53. The van der Waals surface area contributed by atoms with E-state index in [1.807, 2.05) is 39.8 Å². The number of nitrogens with zero attached hydrogens (tertiary/aromatic N) is 1. The molecule has 100 valence electrons. The third-order valence-corrected chi connectivity index (χ3v) is 4.65. The summed E-state index contributed by atoms with van der Waals surface area (Å²) in [5.41, 5.74) is 1.37. The van der Waals surface area contributed by atoms with E-state index in [0.717, 1.165) is 15.6 Å². The van der Waals surface area contributed by atoms with Crippen molar-refractivity contribution in [2.45, 2.75) is 38.9 Å². The normalized spacial score (nSPS) is 21.2. The van der Waals surface area contributed by atoms with Crippen molar-refractivity contribution in [2.24, 2.45) is 0 Å². The van der Waals surface area contributed by atoms with E-state index < -0.39 is 7.12 Å². The molecule has 0 amide bonds. The zero-order valence-corrected chi connectivity index (χ0v) is 12.9. The van der Waals surface area contributed by atoms with Crippen LogP contribution in [-0.4, -0.2) is 23.3 Å². The first-order valence-corrected chi connectivity index (χ1v) is 7.00. The maximum absolute atomic E-state index is 5.99. The molecule has 0 aromatic carbocycles. The molecule has 2 aromatic heterocycles. The van der Waals surface area contributed by atoms with Gasteiger partial charge in [-0.15, -0.1) is 0 Å². The molecule has 6 heteroatoms. The lowest BCUT2D eigenvalue weighted by atomic mass is 9.86. The smallest absolute Gasteiger partial charge is 0.462 e. The van der Waals surface area contributed by atoms with E-state index in [4.69, 9.17) is 13.7 Å². The molecule has 0 radical (unpaired) electrons. The molecule has 0 saturated carbocycles. The zero-order valence-electron chi connectivity index (χ0n) is 11.4. The summed E-state index contributed by atoms with van der Waals surface area (Å²) in [6, 6.07) is 3.72. The second kappa shape index (κ2) is 4.07. The van der Waals surface area contributed by atoms with Crippen LogP contribution < -0.4 is 5.66 Å². The van der Waals surface area contributed by atoms with Crippen LogP contribution in [0.1, 0.15) is 27.7 Å². The Labute approximate surface area is 120 Å². The summed E-state index contributed by atoms with van der Waals surface area (Å²) < 4.78 is 18.6. The Hall–Kier alpha value is -0.845. The molecule has 4 nitrogen and oxygen atoms in total. The molecule has 0 spiro atoms. The summed E-state index contributed by atoms with van der Waals surface area (Å²) in [5.74, 6) is 0. The van der Waals surface area contributed by atoms with Gasteiger partial charge in [-0.05, 0) is 55.8 Å². The molecule has 19 heavy (non-hydrogen) atoms. The van der Waals surface area contributed by atoms with Gasteiger partial charge in [-0.25, -0.2) is 0 Å². The summed E-state index contributed by atoms with van der Waals surface area (Å²) in [7, 11) is -0.520. The molecular weight excluding hydrogens is 309 g/mol. The molecule has 3 heterocycles. The Bertz CT molecular complexity index is 622. The first-order valence-electron chi connectivity index (χ1n) is 6.20. The minimum Gasteiger partial charge on any atom is -0.462 e. The Morgan fingerprint density at radius 1 is 1.16 bits per heavy atom. The van der Waals surface area contributed by atoms with E-state index in [0.29, 0.717) is 5.66 Å². The Kier molecular flexibility index (Phi) is 2.82. The molecule has 0 aliphatic carbocycles. The highest BCUT2D eigenvalue weighted by Crippen LogP contribution is 2.37. The van der Waals surface area contributed by atoms with Crippen LogP contribution >= 0.6 is 15.9 Å². The maximum Gasteiger partial charge on any atom is 0.534 e. The molecule has 0 bridgehead atoms. The molecule has 1 aliphatic rings. The van der Waals surface area contributed by atoms with E-state index in [-0.39, 0.29) is 11.2 Å². The highest BCUT2D eigenvalue weighted by atomic mass is 79.9. The van der Waals surface area contributed by atoms with Crippen LogP contribution in [-0.2, 0) is 9.31 Å². The van der Waals surface area contributed by atoms with Gasteiger partial charge in [0.1, 0.15) is 5.52 Å². The minimum absolute atomic E-state index is 0.385. The molecule has 1 fully saturated rings. The van der Waals surface area contributed by atoms with Crippen LogP contribution in [0.4, 0.5) is 0 Å². The fourth-order valence-electron chi connectivity index (χ4n) is 2.02. The van der Waals surface area contributed by atoms with E-state index >= 15 is 0 Å². The lowest BCUT2D eigenvalue weighted by Gasteiger charge is -2.32. The zero-order chi connectivity index (χ0) is 13.8. The molecule has 1 saturated heterocycles. The van der Waals surface area contributed by atoms with Crippen molar-refractivity contribution in [1.29, 1.82) is 0 Å². The third kappa shape index (κ3) is 1.93. The molecule has 3 rings (SSSR count). The van der Waals surface area contributed by atoms with Crippen LogP contribution in [0.15, 0.2) is 27.2 Å². The van der Waals surface area contributed by atoms with E-state index in [9.17, 15) is 0 Å². The van der Waals surface area contributed by atoms with Gasteiger partial charge in [0.05, 0.1) is 15.7 Å². The number of hydrogen-bond acceptors (Lipinski definition) is 4. The number of halogens is 1. The fourth-order valence-corrected chi connectivity index (χ4v) is 2.59. The van der Waals surface area contributed by atoms with Gasteiger partial charge in [0, 0.05) is 6.20 Å². The van der Waals surface area contributed by atoms with Gasteiger partial charge in [-0.3, -0.25) is 4.98 Å². The quantitative estimate of drug-likeness (QED) is 0.757. The second-order valence-electron chi connectivity index (χ2n) is 5.72. The van der Waals surface area contributed by atoms with E-state index in [2.05, 4.69) is 20.9 Å². The van der Waals surface area contributed by atoms with Gasteiger partial charge in [-0.1, -0.05) is 0 Å². The summed E-state index contributed by atoms with van der Waals surface area (Å²) in [6.07, 6.45) is 1.73. The molecule has 1 aliphatic heterocycles.